The lowest BCUT2D eigenvalue weighted by Crippen LogP contribution is -2.41. The fourth-order valence-corrected chi connectivity index (χ4v) is 2.79. The van der Waals surface area contributed by atoms with Gasteiger partial charge in [0.1, 0.15) is 5.82 Å². The van der Waals surface area contributed by atoms with Crippen molar-refractivity contribution in [3.63, 3.8) is 0 Å². The van der Waals surface area contributed by atoms with Crippen molar-refractivity contribution >= 4 is 16.9 Å². The number of nitrogens with zero attached hydrogens (tertiary/aromatic N) is 2. The second-order valence-electron chi connectivity index (χ2n) is 5.58. The molecule has 2 aromatic rings. The molecular formula is C15H18F2N4O. The molecule has 0 saturated carbocycles. The number of nitrogens with one attached hydrogen (secondary N) is 2. The van der Waals surface area contributed by atoms with Crippen LogP contribution in [0.1, 0.15) is 12.2 Å². The van der Waals surface area contributed by atoms with E-state index in [1.165, 1.54) is 0 Å². The topological polar surface area (TPSA) is 59.0 Å². The quantitative estimate of drug-likeness (QED) is 0.899. The average Bonchev–Trinajstić information content (AvgIpc) is 2.99. The SMILES string of the molecule is Cc1nc2ccccc2n1CCNC(=O)C1CC(F)(F)CN1. The van der Waals surface area contributed by atoms with Gasteiger partial charge in [-0.3, -0.25) is 10.1 Å². The standard InChI is InChI=1S/C15H18F2N4O/c1-10-20-11-4-2-3-5-13(11)21(10)7-6-18-14(22)12-8-15(16,17)9-19-12/h2-5,12,19H,6-9H2,1H3,(H,18,22). The average molecular weight is 308 g/mol. The zero-order valence-electron chi connectivity index (χ0n) is 12.3. The van der Waals surface area contributed by atoms with Gasteiger partial charge in [-0.25, -0.2) is 13.8 Å². The number of fused-ring (bicyclic) bond motifs is 1. The van der Waals surface area contributed by atoms with Crippen molar-refractivity contribution in [3.8, 4) is 0 Å². The third-order valence-corrected chi connectivity index (χ3v) is 3.91. The number of amides is 1. The number of aryl methyl sites for hydroxylation is 1. The van der Waals surface area contributed by atoms with Gasteiger partial charge in [-0.2, -0.15) is 0 Å². The first kappa shape index (κ1) is 14.9. The molecule has 5 nitrogen and oxygen atoms in total. The minimum atomic E-state index is -2.79. The Balaban J connectivity index is 1.59. The molecule has 0 bridgehead atoms. The fourth-order valence-electron chi connectivity index (χ4n) is 2.79. The van der Waals surface area contributed by atoms with E-state index in [1.807, 2.05) is 35.8 Å². The van der Waals surface area contributed by atoms with Crippen LogP contribution < -0.4 is 10.6 Å². The number of para-hydroxylation sites is 2. The Kier molecular flexibility index (Phi) is 3.82. The van der Waals surface area contributed by atoms with E-state index in [-0.39, 0.29) is 5.91 Å². The lowest BCUT2D eigenvalue weighted by atomic mass is 10.2. The normalized spacial score (nSPS) is 20.4. The Morgan fingerprint density at radius 1 is 1.50 bits per heavy atom. The van der Waals surface area contributed by atoms with Crippen molar-refractivity contribution < 1.29 is 13.6 Å². The van der Waals surface area contributed by atoms with Crippen molar-refractivity contribution in [1.82, 2.24) is 20.2 Å². The van der Waals surface area contributed by atoms with Crippen LogP contribution in [0.4, 0.5) is 8.78 Å². The number of benzene rings is 1. The highest BCUT2D eigenvalue weighted by atomic mass is 19.3. The van der Waals surface area contributed by atoms with Gasteiger partial charge in [-0.15, -0.1) is 0 Å². The molecule has 2 N–H and O–H groups in total. The summed E-state index contributed by atoms with van der Waals surface area (Å²) in [5.74, 6) is -2.31. The van der Waals surface area contributed by atoms with Gasteiger partial charge in [0.2, 0.25) is 5.91 Å². The van der Waals surface area contributed by atoms with Crippen LogP contribution in [0.2, 0.25) is 0 Å². The largest absolute Gasteiger partial charge is 0.353 e. The van der Waals surface area contributed by atoms with E-state index < -0.39 is 24.9 Å². The molecule has 1 aromatic carbocycles. The summed E-state index contributed by atoms with van der Waals surface area (Å²) >= 11 is 0. The van der Waals surface area contributed by atoms with Gasteiger partial charge in [0.25, 0.3) is 5.92 Å². The summed E-state index contributed by atoms with van der Waals surface area (Å²) in [6.07, 6.45) is -0.439. The third kappa shape index (κ3) is 2.94. The number of carbonyl (C=O) groups excluding carboxylic acids is 1. The van der Waals surface area contributed by atoms with Gasteiger partial charge in [0, 0.05) is 19.5 Å². The van der Waals surface area contributed by atoms with E-state index in [2.05, 4.69) is 15.6 Å². The molecule has 1 fully saturated rings. The van der Waals surface area contributed by atoms with E-state index in [0.717, 1.165) is 16.9 Å². The summed E-state index contributed by atoms with van der Waals surface area (Å²) in [7, 11) is 0. The predicted molar refractivity (Wildman–Crippen MR) is 78.8 cm³/mol. The van der Waals surface area contributed by atoms with E-state index in [4.69, 9.17) is 0 Å². The Morgan fingerprint density at radius 3 is 3.00 bits per heavy atom. The second-order valence-corrected chi connectivity index (χ2v) is 5.58. The van der Waals surface area contributed by atoms with E-state index in [1.54, 1.807) is 0 Å². The maximum Gasteiger partial charge on any atom is 0.262 e. The molecule has 1 saturated heterocycles. The number of imidazole rings is 1. The van der Waals surface area contributed by atoms with Crippen LogP contribution >= 0.6 is 0 Å². The lowest BCUT2D eigenvalue weighted by molar-refractivity contribution is -0.123. The molecule has 1 unspecified atom stereocenters. The van der Waals surface area contributed by atoms with Crippen molar-refractivity contribution in [2.75, 3.05) is 13.1 Å². The zero-order chi connectivity index (χ0) is 15.7. The van der Waals surface area contributed by atoms with Gasteiger partial charge in [-0.1, -0.05) is 12.1 Å². The molecule has 1 atom stereocenters. The molecule has 0 spiro atoms. The zero-order valence-corrected chi connectivity index (χ0v) is 12.3. The van der Waals surface area contributed by atoms with Crippen LogP contribution in [0, 0.1) is 6.92 Å². The van der Waals surface area contributed by atoms with Crippen LogP contribution in [0.25, 0.3) is 11.0 Å². The molecule has 1 aliphatic rings. The summed E-state index contributed by atoms with van der Waals surface area (Å²) in [4.78, 5) is 16.3. The number of carbonyl (C=O) groups is 1. The Labute approximate surface area is 126 Å². The number of aromatic nitrogens is 2. The summed E-state index contributed by atoms with van der Waals surface area (Å²) in [5.41, 5.74) is 1.91. The van der Waals surface area contributed by atoms with Gasteiger partial charge >= 0.3 is 0 Å². The first-order valence-electron chi connectivity index (χ1n) is 7.27. The Morgan fingerprint density at radius 2 is 2.27 bits per heavy atom. The molecule has 22 heavy (non-hydrogen) atoms. The highest BCUT2D eigenvalue weighted by molar-refractivity contribution is 5.82. The van der Waals surface area contributed by atoms with Crippen molar-refractivity contribution in [3.05, 3.63) is 30.1 Å². The van der Waals surface area contributed by atoms with Crippen molar-refractivity contribution in [2.24, 2.45) is 0 Å². The maximum absolute atomic E-state index is 13.1. The molecule has 1 amide bonds. The molecule has 0 radical (unpaired) electrons. The van der Waals surface area contributed by atoms with Crippen LogP contribution in [-0.4, -0.2) is 40.5 Å². The fraction of sp³-hybridized carbons (Fsp3) is 0.467. The molecule has 0 aliphatic carbocycles. The molecule has 7 heteroatoms. The van der Waals surface area contributed by atoms with Crippen LogP contribution in [0.15, 0.2) is 24.3 Å². The smallest absolute Gasteiger partial charge is 0.262 e. The summed E-state index contributed by atoms with van der Waals surface area (Å²) < 4.78 is 28.2. The number of alkyl halides is 2. The first-order chi connectivity index (χ1) is 10.5. The monoisotopic (exact) mass is 308 g/mol. The maximum atomic E-state index is 13.1. The Hall–Kier alpha value is -2.02. The number of hydrogen-bond acceptors (Lipinski definition) is 3. The van der Waals surface area contributed by atoms with Gasteiger partial charge in [0.15, 0.2) is 0 Å². The highest BCUT2D eigenvalue weighted by Gasteiger charge is 2.42. The van der Waals surface area contributed by atoms with Crippen LogP contribution in [0.3, 0.4) is 0 Å². The summed E-state index contributed by atoms with van der Waals surface area (Å²) in [5, 5.41) is 5.26. The van der Waals surface area contributed by atoms with Gasteiger partial charge in [-0.05, 0) is 19.1 Å². The lowest BCUT2D eigenvalue weighted by Gasteiger charge is -2.12. The Bertz CT molecular complexity index is 698. The van der Waals surface area contributed by atoms with Crippen molar-refractivity contribution in [2.45, 2.75) is 31.9 Å². The van der Waals surface area contributed by atoms with E-state index >= 15 is 0 Å². The van der Waals surface area contributed by atoms with Crippen molar-refractivity contribution in [1.29, 1.82) is 0 Å². The van der Waals surface area contributed by atoms with E-state index in [9.17, 15) is 13.6 Å². The minimum Gasteiger partial charge on any atom is -0.353 e. The van der Waals surface area contributed by atoms with Gasteiger partial charge < -0.3 is 9.88 Å². The molecule has 2 heterocycles. The number of halogens is 2. The predicted octanol–water partition coefficient (Wildman–Crippen LogP) is 1.46. The molecule has 1 aromatic heterocycles. The number of rotatable bonds is 4. The van der Waals surface area contributed by atoms with Gasteiger partial charge in [0.05, 0.1) is 23.6 Å². The van der Waals surface area contributed by atoms with E-state index in [0.29, 0.717) is 13.1 Å². The molecular weight excluding hydrogens is 290 g/mol. The summed E-state index contributed by atoms with van der Waals surface area (Å²) in [6, 6.07) is 6.95. The molecule has 1 aliphatic heterocycles. The molecule has 3 rings (SSSR count). The second kappa shape index (κ2) is 5.64. The highest BCUT2D eigenvalue weighted by Crippen LogP contribution is 2.25. The minimum absolute atomic E-state index is 0.376. The third-order valence-electron chi connectivity index (χ3n) is 3.91. The summed E-state index contributed by atoms with van der Waals surface area (Å²) in [6.45, 7) is 2.40. The first-order valence-corrected chi connectivity index (χ1v) is 7.27. The molecule has 118 valence electrons. The number of hydrogen-bond donors (Lipinski definition) is 2. The van der Waals surface area contributed by atoms with Crippen LogP contribution in [0.5, 0.6) is 0 Å². The van der Waals surface area contributed by atoms with Crippen LogP contribution in [-0.2, 0) is 11.3 Å².